The standard InChI is InChI=1S/C23H23F7O/c1-2-3-4-5-6-7-12-31-17-10-8-15(9-11-17)21(26)22(27)16-13-18(24)20(19(25)14-16)23(28,29)30/h8-11,13-14H,2-7,12H2,1H3/b22-21+. The van der Waals surface area contributed by atoms with Crippen LogP contribution in [0.2, 0.25) is 0 Å². The third-order valence-corrected chi connectivity index (χ3v) is 4.65. The molecular formula is C23H23F7O. The predicted molar refractivity (Wildman–Crippen MR) is 106 cm³/mol. The van der Waals surface area contributed by atoms with E-state index in [4.69, 9.17) is 4.74 Å². The van der Waals surface area contributed by atoms with Gasteiger partial charge >= 0.3 is 6.18 Å². The van der Waals surface area contributed by atoms with Crippen molar-refractivity contribution >= 4 is 11.7 Å². The average Bonchev–Trinajstić information content (AvgIpc) is 2.71. The molecule has 31 heavy (non-hydrogen) atoms. The van der Waals surface area contributed by atoms with E-state index in [0.717, 1.165) is 25.7 Å². The molecule has 0 N–H and O–H groups in total. The minimum Gasteiger partial charge on any atom is -0.494 e. The van der Waals surface area contributed by atoms with Crippen molar-refractivity contribution in [2.75, 3.05) is 6.61 Å². The summed E-state index contributed by atoms with van der Waals surface area (Å²) >= 11 is 0. The van der Waals surface area contributed by atoms with Gasteiger partial charge in [-0.05, 0) is 42.8 Å². The first-order valence-corrected chi connectivity index (χ1v) is 10.00. The molecule has 1 nitrogen and oxygen atoms in total. The quantitative estimate of drug-likeness (QED) is 0.201. The van der Waals surface area contributed by atoms with E-state index < -0.39 is 40.6 Å². The second kappa shape index (κ2) is 11.2. The first kappa shape index (κ1) is 24.8. The maximum absolute atomic E-state index is 14.4. The topological polar surface area (TPSA) is 9.23 Å². The zero-order chi connectivity index (χ0) is 23.0. The molecule has 0 aliphatic heterocycles. The molecule has 0 fully saturated rings. The second-order valence-corrected chi connectivity index (χ2v) is 7.08. The van der Waals surface area contributed by atoms with Crippen LogP contribution in [-0.2, 0) is 6.18 Å². The van der Waals surface area contributed by atoms with E-state index in [2.05, 4.69) is 6.92 Å². The Labute approximate surface area is 176 Å². The van der Waals surface area contributed by atoms with Gasteiger partial charge in [0.15, 0.2) is 11.7 Å². The molecule has 0 radical (unpaired) electrons. The van der Waals surface area contributed by atoms with Crippen LogP contribution in [-0.4, -0.2) is 6.61 Å². The molecular weight excluding hydrogens is 425 g/mol. The van der Waals surface area contributed by atoms with Crippen molar-refractivity contribution in [1.29, 1.82) is 0 Å². The molecule has 0 spiro atoms. The molecule has 2 rings (SSSR count). The largest absolute Gasteiger partial charge is 0.494 e. The normalized spacial score (nSPS) is 12.6. The van der Waals surface area contributed by atoms with Crippen molar-refractivity contribution < 1.29 is 35.5 Å². The van der Waals surface area contributed by atoms with Crippen molar-refractivity contribution in [1.82, 2.24) is 0 Å². The third-order valence-electron chi connectivity index (χ3n) is 4.65. The first-order valence-electron chi connectivity index (χ1n) is 10.00. The van der Waals surface area contributed by atoms with Gasteiger partial charge in [-0.2, -0.15) is 13.2 Å². The molecule has 8 heteroatoms. The van der Waals surface area contributed by atoms with Crippen LogP contribution in [0.1, 0.15) is 62.1 Å². The lowest BCUT2D eigenvalue weighted by molar-refractivity contribution is -0.142. The van der Waals surface area contributed by atoms with Gasteiger partial charge in [-0.15, -0.1) is 0 Å². The van der Waals surface area contributed by atoms with E-state index in [1.54, 1.807) is 0 Å². The van der Waals surface area contributed by atoms with Gasteiger partial charge in [-0.1, -0.05) is 39.0 Å². The highest BCUT2D eigenvalue weighted by Gasteiger charge is 2.38. The Hall–Kier alpha value is -2.51. The zero-order valence-electron chi connectivity index (χ0n) is 17.0. The number of hydrogen-bond donors (Lipinski definition) is 0. The monoisotopic (exact) mass is 448 g/mol. The molecule has 0 saturated heterocycles. The highest BCUT2D eigenvalue weighted by Crippen LogP contribution is 2.37. The summed E-state index contributed by atoms with van der Waals surface area (Å²) in [6.07, 6.45) is 1.25. The van der Waals surface area contributed by atoms with Crippen LogP contribution >= 0.6 is 0 Å². The number of hydrogen-bond acceptors (Lipinski definition) is 1. The lowest BCUT2D eigenvalue weighted by Gasteiger charge is -2.11. The van der Waals surface area contributed by atoms with Crippen molar-refractivity contribution in [3.8, 4) is 5.75 Å². The lowest BCUT2D eigenvalue weighted by atomic mass is 10.1. The Kier molecular flexibility index (Phi) is 8.95. The Bertz CT molecular complexity index is 863. The fourth-order valence-corrected chi connectivity index (χ4v) is 2.99. The molecule has 0 aliphatic carbocycles. The van der Waals surface area contributed by atoms with Gasteiger partial charge in [0.05, 0.1) is 6.61 Å². The van der Waals surface area contributed by atoms with Crippen molar-refractivity contribution in [2.45, 2.75) is 51.6 Å². The van der Waals surface area contributed by atoms with E-state index in [1.165, 1.54) is 37.1 Å². The maximum Gasteiger partial charge on any atom is 0.422 e. The Morgan fingerprint density at radius 2 is 1.29 bits per heavy atom. The maximum atomic E-state index is 14.4. The van der Waals surface area contributed by atoms with E-state index in [1.807, 2.05) is 0 Å². The minimum atomic E-state index is -5.29. The summed E-state index contributed by atoms with van der Waals surface area (Å²) < 4.78 is 99.4. The smallest absolute Gasteiger partial charge is 0.422 e. The van der Waals surface area contributed by atoms with Crippen LogP contribution in [0, 0.1) is 11.6 Å². The van der Waals surface area contributed by atoms with Gasteiger partial charge < -0.3 is 4.74 Å². The molecule has 0 aliphatic rings. The summed E-state index contributed by atoms with van der Waals surface area (Å²) in [5.41, 5.74) is -3.37. The highest BCUT2D eigenvalue weighted by molar-refractivity contribution is 5.83. The van der Waals surface area contributed by atoms with Gasteiger partial charge in [-0.25, -0.2) is 17.6 Å². The van der Waals surface area contributed by atoms with Crippen LogP contribution in [0.3, 0.4) is 0 Å². The molecule has 0 heterocycles. The van der Waals surface area contributed by atoms with Gasteiger partial charge in [0.1, 0.15) is 22.9 Å². The minimum absolute atomic E-state index is 0.110. The highest BCUT2D eigenvalue weighted by atomic mass is 19.4. The summed E-state index contributed by atoms with van der Waals surface area (Å²) in [5, 5.41) is 0. The fourth-order valence-electron chi connectivity index (χ4n) is 2.99. The third kappa shape index (κ3) is 7.01. The molecule has 0 unspecified atom stereocenters. The summed E-state index contributed by atoms with van der Waals surface area (Å²) in [6, 6.07) is 5.46. The van der Waals surface area contributed by atoms with Crippen molar-refractivity contribution in [2.24, 2.45) is 0 Å². The number of benzene rings is 2. The van der Waals surface area contributed by atoms with Crippen molar-refractivity contribution in [3.63, 3.8) is 0 Å². The Balaban J connectivity index is 2.06. The molecule has 0 bridgehead atoms. The van der Waals surface area contributed by atoms with Crippen LogP contribution in [0.25, 0.3) is 11.7 Å². The molecule has 0 atom stereocenters. The van der Waals surface area contributed by atoms with Crippen LogP contribution in [0.15, 0.2) is 36.4 Å². The van der Waals surface area contributed by atoms with E-state index >= 15 is 0 Å². The number of unbranched alkanes of at least 4 members (excludes halogenated alkanes) is 5. The van der Waals surface area contributed by atoms with Crippen LogP contribution in [0.4, 0.5) is 30.7 Å². The SMILES string of the molecule is CCCCCCCCOc1ccc(/C(F)=C(\F)c2cc(F)c(C(F)(F)F)c(F)c2)cc1. The number of ether oxygens (including phenoxy) is 1. The van der Waals surface area contributed by atoms with E-state index in [9.17, 15) is 30.7 Å². The van der Waals surface area contributed by atoms with Gasteiger partial charge in [0.2, 0.25) is 0 Å². The second-order valence-electron chi connectivity index (χ2n) is 7.08. The molecule has 2 aromatic rings. The van der Waals surface area contributed by atoms with Gasteiger partial charge in [0, 0.05) is 11.1 Å². The van der Waals surface area contributed by atoms with E-state index in [-0.39, 0.29) is 17.7 Å². The summed E-state index contributed by atoms with van der Waals surface area (Å²) in [7, 11) is 0. The molecule has 0 aromatic heterocycles. The van der Waals surface area contributed by atoms with Crippen LogP contribution in [0.5, 0.6) is 5.75 Å². The average molecular weight is 448 g/mol. The summed E-state index contributed by atoms with van der Waals surface area (Å²) in [5.74, 6) is -6.74. The molecule has 170 valence electrons. The first-order chi connectivity index (χ1) is 14.6. The summed E-state index contributed by atoms with van der Waals surface area (Å²) in [4.78, 5) is 0. The summed E-state index contributed by atoms with van der Waals surface area (Å²) in [6.45, 7) is 2.61. The number of halogens is 7. The fraction of sp³-hybridized carbons (Fsp3) is 0.391. The lowest BCUT2D eigenvalue weighted by Crippen LogP contribution is -2.11. The Morgan fingerprint density at radius 3 is 1.84 bits per heavy atom. The predicted octanol–water partition coefficient (Wildman–Crippen LogP) is 8.49. The van der Waals surface area contributed by atoms with E-state index in [0.29, 0.717) is 12.4 Å². The molecule has 0 saturated carbocycles. The van der Waals surface area contributed by atoms with Crippen molar-refractivity contribution in [3.05, 3.63) is 64.7 Å². The Morgan fingerprint density at radius 1 is 0.774 bits per heavy atom. The molecule has 2 aromatic carbocycles. The van der Waals surface area contributed by atoms with Crippen LogP contribution < -0.4 is 4.74 Å². The number of alkyl halides is 3. The van der Waals surface area contributed by atoms with Gasteiger partial charge in [0.25, 0.3) is 0 Å². The zero-order valence-corrected chi connectivity index (χ0v) is 17.0. The van der Waals surface area contributed by atoms with Gasteiger partial charge in [-0.3, -0.25) is 0 Å². The molecule has 0 amide bonds. The number of rotatable bonds is 10.